The molecule has 3 aliphatic rings. The standard InChI is InChI=1S/C21H27N5O/c22-13-16-6-1-2-7-17(16)14-26-20(24-10-5-8-18(23)15-24)12-19-9-3-4-11-25(19)21(26)27/h1-2,6-7,12,18-19H,3-5,8-11,14-15,23H2. The molecule has 6 nitrogen and oxygen atoms in total. The summed E-state index contributed by atoms with van der Waals surface area (Å²) < 4.78 is 0. The van der Waals surface area contributed by atoms with Gasteiger partial charge < -0.3 is 15.5 Å². The smallest absolute Gasteiger partial charge is 0.326 e. The molecule has 2 fully saturated rings. The van der Waals surface area contributed by atoms with Gasteiger partial charge in [-0.15, -0.1) is 0 Å². The maximum atomic E-state index is 13.4. The van der Waals surface area contributed by atoms with Crippen LogP contribution in [0.2, 0.25) is 0 Å². The van der Waals surface area contributed by atoms with E-state index in [0.29, 0.717) is 12.1 Å². The Labute approximate surface area is 160 Å². The van der Waals surface area contributed by atoms with Gasteiger partial charge in [0.2, 0.25) is 0 Å². The predicted molar refractivity (Wildman–Crippen MR) is 103 cm³/mol. The summed E-state index contributed by atoms with van der Waals surface area (Å²) in [6.07, 6.45) is 7.58. The summed E-state index contributed by atoms with van der Waals surface area (Å²) in [7, 11) is 0. The van der Waals surface area contributed by atoms with Crippen molar-refractivity contribution in [3.8, 4) is 6.07 Å². The van der Waals surface area contributed by atoms with Crippen LogP contribution in [0.15, 0.2) is 36.2 Å². The molecule has 0 radical (unpaired) electrons. The Morgan fingerprint density at radius 3 is 2.81 bits per heavy atom. The van der Waals surface area contributed by atoms with Crippen molar-refractivity contribution >= 4 is 6.03 Å². The third-order valence-electron chi connectivity index (χ3n) is 5.89. The molecule has 3 aliphatic heterocycles. The van der Waals surface area contributed by atoms with Gasteiger partial charge in [0.25, 0.3) is 0 Å². The Kier molecular flexibility index (Phi) is 5.04. The predicted octanol–water partition coefficient (Wildman–Crippen LogP) is 2.61. The van der Waals surface area contributed by atoms with Crippen LogP contribution >= 0.6 is 0 Å². The summed E-state index contributed by atoms with van der Waals surface area (Å²) in [5.74, 6) is 0.978. The maximum absolute atomic E-state index is 13.4. The molecule has 2 atom stereocenters. The summed E-state index contributed by atoms with van der Waals surface area (Å²) in [6.45, 7) is 2.94. The number of urea groups is 1. The number of rotatable bonds is 3. The number of likely N-dealkylation sites (tertiary alicyclic amines) is 1. The van der Waals surface area contributed by atoms with Gasteiger partial charge in [-0.25, -0.2) is 4.79 Å². The fourth-order valence-corrected chi connectivity index (χ4v) is 4.46. The van der Waals surface area contributed by atoms with E-state index in [0.717, 1.165) is 63.1 Å². The van der Waals surface area contributed by atoms with Crippen LogP contribution in [-0.2, 0) is 6.54 Å². The Morgan fingerprint density at radius 2 is 2.00 bits per heavy atom. The number of benzene rings is 1. The van der Waals surface area contributed by atoms with Gasteiger partial charge in [-0.2, -0.15) is 5.26 Å². The van der Waals surface area contributed by atoms with E-state index in [2.05, 4.69) is 17.0 Å². The molecular formula is C21H27N5O. The highest BCUT2D eigenvalue weighted by molar-refractivity contribution is 5.78. The molecular weight excluding hydrogens is 338 g/mol. The Hall–Kier alpha value is -2.52. The van der Waals surface area contributed by atoms with Crippen molar-refractivity contribution in [2.45, 2.75) is 50.7 Å². The number of amides is 2. The number of carbonyl (C=O) groups is 1. The minimum atomic E-state index is 0.0593. The van der Waals surface area contributed by atoms with Crippen molar-refractivity contribution in [1.29, 1.82) is 5.26 Å². The van der Waals surface area contributed by atoms with Crippen LogP contribution in [0.4, 0.5) is 4.79 Å². The second-order valence-corrected chi connectivity index (χ2v) is 7.77. The van der Waals surface area contributed by atoms with Gasteiger partial charge in [-0.1, -0.05) is 18.2 Å². The lowest BCUT2D eigenvalue weighted by molar-refractivity contribution is 0.0970. The molecule has 2 unspecified atom stereocenters. The first-order chi connectivity index (χ1) is 13.2. The van der Waals surface area contributed by atoms with E-state index in [-0.39, 0.29) is 18.1 Å². The van der Waals surface area contributed by atoms with Gasteiger partial charge in [0.1, 0.15) is 5.82 Å². The molecule has 6 heteroatoms. The highest BCUT2D eigenvalue weighted by atomic mass is 16.2. The minimum Gasteiger partial charge on any atom is -0.357 e. The van der Waals surface area contributed by atoms with Gasteiger partial charge in [0.15, 0.2) is 0 Å². The molecule has 1 aromatic carbocycles. The van der Waals surface area contributed by atoms with Crippen molar-refractivity contribution < 1.29 is 4.79 Å². The summed E-state index contributed by atoms with van der Waals surface area (Å²) >= 11 is 0. The second-order valence-electron chi connectivity index (χ2n) is 7.77. The number of carbonyl (C=O) groups excluding carboxylic acids is 1. The van der Waals surface area contributed by atoms with E-state index >= 15 is 0 Å². The van der Waals surface area contributed by atoms with E-state index in [9.17, 15) is 10.1 Å². The number of nitrogens with two attached hydrogens (primary N) is 1. The lowest BCUT2D eigenvalue weighted by Crippen LogP contribution is -2.57. The number of hydrogen-bond donors (Lipinski definition) is 1. The molecule has 3 heterocycles. The molecule has 0 aromatic heterocycles. The van der Waals surface area contributed by atoms with Crippen LogP contribution < -0.4 is 5.73 Å². The van der Waals surface area contributed by atoms with E-state index in [1.54, 1.807) is 0 Å². The second kappa shape index (κ2) is 7.61. The molecule has 0 saturated carbocycles. The molecule has 142 valence electrons. The van der Waals surface area contributed by atoms with Crippen LogP contribution in [-0.4, -0.2) is 52.4 Å². The fraction of sp³-hybridized carbons (Fsp3) is 0.524. The van der Waals surface area contributed by atoms with E-state index < -0.39 is 0 Å². The van der Waals surface area contributed by atoms with Crippen LogP contribution in [0.5, 0.6) is 0 Å². The quantitative estimate of drug-likeness (QED) is 0.893. The first-order valence-electron chi connectivity index (χ1n) is 9.96. The lowest BCUT2D eigenvalue weighted by atomic mass is 9.98. The van der Waals surface area contributed by atoms with Gasteiger partial charge in [-0.05, 0) is 49.8 Å². The first-order valence-corrected chi connectivity index (χ1v) is 9.96. The molecule has 0 spiro atoms. The van der Waals surface area contributed by atoms with Crippen LogP contribution in [0, 0.1) is 11.3 Å². The van der Waals surface area contributed by atoms with E-state index in [1.165, 1.54) is 0 Å². The van der Waals surface area contributed by atoms with Gasteiger partial charge in [0.05, 0.1) is 24.2 Å². The number of fused-ring (bicyclic) bond motifs is 1. The largest absolute Gasteiger partial charge is 0.357 e. The van der Waals surface area contributed by atoms with Crippen molar-refractivity contribution in [3.63, 3.8) is 0 Å². The Morgan fingerprint density at radius 1 is 1.15 bits per heavy atom. The highest BCUT2D eigenvalue weighted by Crippen LogP contribution is 2.31. The van der Waals surface area contributed by atoms with Crippen LogP contribution in [0.3, 0.4) is 0 Å². The van der Waals surface area contributed by atoms with Crippen LogP contribution in [0.25, 0.3) is 0 Å². The molecule has 2 saturated heterocycles. The normalized spacial score (nSPS) is 25.7. The molecule has 1 aromatic rings. The van der Waals surface area contributed by atoms with Crippen molar-refractivity contribution in [2.24, 2.45) is 5.73 Å². The van der Waals surface area contributed by atoms with Gasteiger partial charge >= 0.3 is 6.03 Å². The fourth-order valence-electron chi connectivity index (χ4n) is 4.46. The van der Waals surface area contributed by atoms with Crippen molar-refractivity contribution in [3.05, 3.63) is 47.3 Å². The van der Waals surface area contributed by atoms with Gasteiger partial charge in [-0.3, -0.25) is 4.90 Å². The SMILES string of the molecule is N#Cc1ccccc1CN1C(=O)N2CCCCC2C=C1N1CCCC(N)C1. The summed E-state index contributed by atoms with van der Waals surface area (Å²) in [4.78, 5) is 19.5. The summed E-state index contributed by atoms with van der Waals surface area (Å²) in [5, 5.41) is 9.45. The zero-order valence-electron chi connectivity index (χ0n) is 15.7. The minimum absolute atomic E-state index is 0.0593. The average molecular weight is 365 g/mol. The monoisotopic (exact) mass is 365 g/mol. The van der Waals surface area contributed by atoms with Gasteiger partial charge in [0, 0.05) is 25.7 Å². The van der Waals surface area contributed by atoms with E-state index in [4.69, 9.17) is 5.73 Å². The molecule has 4 rings (SSSR count). The molecule has 2 N–H and O–H groups in total. The number of hydrogen-bond acceptors (Lipinski definition) is 4. The van der Waals surface area contributed by atoms with Crippen LogP contribution in [0.1, 0.15) is 43.2 Å². The summed E-state index contributed by atoms with van der Waals surface area (Å²) in [5.41, 5.74) is 7.73. The van der Waals surface area contributed by atoms with Crippen molar-refractivity contribution in [1.82, 2.24) is 14.7 Å². The third kappa shape index (κ3) is 3.52. The lowest BCUT2D eigenvalue weighted by Gasteiger charge is -2.47. The topological polar surface area (TPSA) is 76.6 Å². The number of piperidine rings is 2. The number of nitriles is 1. The maximum Gasteiger partial charge on any atom is 0.326 e. The summed E-state index contributed by atoms with van der Waals surface area (Å²) in [6, 6.07) is 10.2. The Balaban J connectivity index is 1.68. The average Bonchev–Trinajstić information content (AvgIpc) is 2.70. The molecule has 27 heavy (non-hydrogen) atoms. The van der Waals surface area contributed by atoms with E-state index in [1.807, 2.05) is 34.1 Å². The molecule has 0 aliphatic carbocycles. The highest BCUT2D eigenvalue weighted by Gasteiger charge is 2.38. The third-order valence-corrected chi connectivity index (χ3v) is 5.89. The Bertz CT molecular complexity index is 783. The molecule has 2 amide bonds. The van der Waals surface area contributed by atoms with Crippen molar-refractivity contribution in [2.75, 3.05) is 19.6 Å². The zero-order chi connectivity index (χ0) is 18.8. The first kappa shape index (κ1) is 17.9. The zero-order valence-corrected chi connectivity index (χ0v) is 15.7. The molecule has 0 bridgehead atoms. The number of nitrogens with zero attached hydrogens (tertiary/aromatic N) is 4.